The molecule has 3 aromatic rings. The normalized spacial score (nSPS) is 11.2. The number of nitrogens with zero attached hydrogens (tertiary/aromatic N) is 2. The second-order valence-electron chi connectivity index (χ2n) is 6.06. The lowest BCUT2D eigenvalue weighted by molar-refractivity contribution is 0.0977. The number of carbonyl (C=O) groups is 1. The third-order valence-electron chi connectivity index (χ3n) is 3.85. The number of carbonyl (C=O) groups excluding carboxylic acids is 1. The van der Waals surface area contributed by atoms with Gasteiger partial charge in [0.25, 0.3) is 5.91 Å². The van der Waals surface area contributed by atoms with Crippen molar-refractivity contribution in [1.82, 2.24) is 10.3 Å². The van der Waals surface area contributed by atoms with E-state index in [2.05, 4.69) is 20.6 Å². The number of anilines is 1. The number of hydrogen-bond acceptors (Lipinski definition) is 3. The van der Waals surface area contributed by atoms with E-state index in [1.165, 1.54) is 18.2 Å². The first-order chi connectivity index (χ1) is 13.5. The lowest BCUT2D eigenvalue weighted by Gasteiger charge is -2.12. The maximum atomic E-state index is 13.4. The van der Waals surface area contributed by atoms with Crippen molar-refractivity contribution >= 4 is 29.2 Å². The van der Waals surface area contributed by atoms with Crippen LogP contribution < -0.4 is 10.6 Å². The van der Waals surface area contributed by atoms with Gasteiger partial charge in [-0.25, -0.2) is 9.38 Å². The van der Waals surface area contributed by atoms with Gasteiger partial charge in [-0.1, -0.05) is 35.4 Å². The summed E-state index contributed by atoms with van der Waals surface area (Å²) < 4.78 is 13.4. The van der Waals surface area contributed by atoms with Gasteiger partial charge in [0, 0.05) is 17.4 Å². The molecule has 0 aliphatic rings. The van der Waals surface area contributed by atoms with Crippen LogP contribution in [0.2, 0.25) is 5.02 Å². The van der Waals surface area contributed by atoms with E-state index in [1.807, 2.05) is 37.3 Å². The molecule has 5 nitrogen and oxygen atoms in total. The number of amides is 1. The van der Waals surface area contributed by atoms with E-state index < -0.39 is 5.82 Å². The van der Waals surface area contributed by atoms with Crippen LogP contribution in [0.1, 0.15) is 21.6 Å². The lowest BCUT2D eigenvalue weighted by atomic mass is 10.1. The lowest BCUT2D eigenvalue weighted by Crippen LogP contribution is -2.36. The zero-order valence-electron chi connectivity index (χ0n) is 15.1. The fourth-order valence-corrected chi connectivity index (χ4v) is 2.54. The zero-order valence-corrected chi connectivity index (χ0v) is 15.9. The molecular formula is C21H18ClFN4O. The number of aliphatic imine (C=N–C) groups is 1. The van der Waals surface area contributed by atoms with E-state index >= 15 is 0 Å². The molecule has 0 aliphatic carbocycles. The number of aromatic nitrogens is 1. The van der Waals surface area contributed by atoms with Crippen molar-refractivity contribution in [3.8, 4) is 0 Å². The minimum Gasteiger partial charge on any atom is -0.326 e. The topological polar surface area (TPSA) is 66.4 Å². The molecule has 28 heavy (non-hydrogen) atoms. The van der Waals surface area contributed by atoms with Gasteiger partial charge in [0.05, 0.1) is 17.3 Å². The van der Waals surface area contributed by atoms with E-state index in [0.29, 0.717) is 11.3 Å². The van der Waals surface area contributed by atoms with Crippen LogP contribution in [0, 0.1) is 12.7 Å². The molecule has 0 fully saturated rings. The van der Waals surface area contributed by atoms with Crippen molar-refractivity contribution < 1.29 is 9.18 Å². The van der Waals surface area contributed by atoms with Gasteiger partial charge in [-0.15, -0.1) is 0 Å². The highest BCUT2D eigenvalue weighted by atomic mass is 35.5. The summed E-state index contributed by atoms with van der Waals surface area (Å²) in [7, 11) is 0. The van der Waals surface area contributed by atoms with E-state index in [4.69, 9.17) is 11.6 Å². The van der Waals surface area contributed by atoms with Crippen LogP contribution in [0.25, 0.3) is 0 Å². The van der Waals surface area contributed by atoms with Crippen LogP contribution in [-0.2, 0) is 6.54 Å². The van der Waals surface area contributed by atoms with Crippen LogP contribution >= 0.6 is 11.6 Å². The fraction of sp³-hybridized carbons (Fsp3) is 0.0952. The minimum atomic E-state index is -0.525. The standard InChI is InChI=1S/C21H18ClFN4O/c1-14-5-7-15(8-6-14)20(28)27-21(25-13-17-4-2-3-11-24-17)26-16-9-10-19(23)18(22)12-16/h2-12H,13H2,1H3,(H2,25,26,27,28). The Labute approximate surface area is 167 Å². The molecule has 3 rings (SSSR count). The monoisotopic (exact) mass is 396 g/mol. The molecule has 0 aliphatic heterocycles. The maximum absolute atomic E-state index is 13.4. The highest BCUT2D eigenvalue weighted by Crippen LogP contribution is 2.19. The predicted octanol–water partition coefficient (Wildman–Crippen LogP) is 4.58. The first-order valence-corrected chi connectivity index (χ1v) is 8.93. The average Bonchev–Trinajstić information content (AvgIpc) is 2.70. The summed E-state index contributed by atoms with van der Waals surface area (Å²) in [4.78, 5) is 21.2. The highest BCUT2D eigenvalue weighted by molar-refractivity contribution is 6.31. The number of aryl methyl sites for hydroxylation is 1. The summed E-state index contributed by atoms with van der Waals surface area (Å²) in [6.07, 6.45) is 1.67. The van der Waals surface area contributed by atoms with Gasteiger partial charge in [-0.2, -0.15) is 0 Å². The van der Waals surface area contributed by atoms with Crippen molar-refractivity contribution in [3.63, 3.8) is 0 Å². The molecule has 0 spiro atoms. The van der Waals surface area contributed by atoms with Crippen molar-refractivity contribution in [1.29, 1.82) is 0 Å². The smallest absolute Gasteiger partial charge is 0.257 e. The molecule has 0 unspecified atom stereocenters. The molecule has 0 saturated heterocycles. The molecule has 0 radical (unpaired) electrons. The Balaban J connectivity index is 1.81. The number of pyridine rings is 1. The summed E-state index contributed by atoms with van der Waals surface area (Å²) in [5, 5.41) is 5.68. The van der Waals surface area contributed by atoms with Gasteiger partial charge in [-0.05, 0) is 49.4 Å². The number of benzene rings is 2. The highest BCUT2D eigenvalue weighted by Gasteiger charge is 2.10. The quantitative estimate of drug-likeness (QED) is 0.501. The summed E-state index contributed by atoms with van der Waals surface area (Å²) in [6.45, 7) is 2.20. The molecule has 2 aromatic carbocycles. The number of halogens is 2. The summed E-state index contributed by atoms with van der Waals surface area (Å²) in [6, 6.07) is 16.8. The molecular weight excluding hydrogens is 379 g/mol. The van der Waals surface area contributed by atoms with E-state index in [0.717, 1.165) is 11.3 Å². The van der Waals surface area contributed by atoms with Crippen LogP contribution in [0.5, 0.6) is 0 Å². The Bertz CT molecular complexity index is 991. The molecule has 1 heterocycles. The van der Waals surface area contributed by atoms with Crippen LogP contribution in [0.3, 0.4) is 0 Å². The first-order valence-electron chi connectivity index (χ1n) is 8.56. The van der Waals surface area contributed by atoms with Crippen molar-refractivity contribution in [2.75, 3.05) is 5.32 Å². The third-order valence-corrected chi connectivity index (χ3v) is 4.14. The van der Waals surface area contributed by atoms with Gasteiger partial charge in [0.2, 0.25) is 5.96 Å². The number of nitrogens with one attached hydrogen (secondary N) is 2. The number of guanidine groups is 1. The maximum Gasteiger partial charge on any atom is 0.257 e. The van der Waals surface area contributed by atoms with Gasteiger partial charge in [-0.3, -0.25) is 15.1 Å². The number of rotatable bonds is 4. The first kappa shape index (κ1) is 19.5. The number of hydrogen-bond donors (Lipinski definition) is 2. The Kier molecular flexibility index (Phi) is 6.34. The third kappa shape index (κ3) is 5.37. The Morgan fingerprint density at radius 3 is 2.61 bits per heavy atom. The van der Waals surface area contributed by atoms with Gasteiger partial charge < -0.3 is 5.32 Å². The van der Waals surface area contributed by atoms with Gasteiger partial charge in [0.1, 0.15) is 5.82 Å². The molecule has 0 atom stereocenters. The van der Waals surface area contributed by atoms with Crippen molar-refractivity contribution in [2.24, 2.45) is 4.99 Å². The molecule has 0 bridgehead atoms. The van der Waals surface area contributed by atoms with Gasteiger partial charge in [0.15, 0.2) is 0 Å². The Hall–Kier alpha value is -3.25. The second kappa shape index (κ2) is 9.10. The summed E-state index contributed by atoms with van der Waals surface area (Å²) in [5.41, 5.74) is 2.79. The summed E-state index contributed by atoms with van der Waals surface area (Å²) >= 11 is 5.83. The van der Waals surface area contributed by atoms with E-state index in [1.54, 1.807) is 18.3 Å². The Morgan fingerprint density at radius 1 is 1.14 bits per heavy atom. The second-order valence-corrected chi connectivity index (χ2v) is 6.47. The molecule has 0 saturated carbocycles. The minimum absolute atomic E-state index is 0.0288. The molecule has 7 heteroatoms. The molecule has 2 N–H and O–H groups in total. The van der Waals surface area contributed by atoms with Crippen LogP contribution in [0.15, 0.2) is 71.9 Å². The molecule has 1 amide bonds. The van der Waals surface area contributed by atoms with Crippen molar-refractivity contribution in [2.45, 2.75) is 13.5 Å². The van der Waals surface area contributed by atoms with E-state index in [9.17, 15) is 9.18 Å². The largest absolute Gasteiger partial charge is 0.326 e. The zero-order chi connectivity index (χ0) is 19.9. The van der Waals surface area contributed by atoms with E-state index in [-0.39, 0.29) is 23.4 Å². The Morgan fingerprint density at radius 2 is 1.93 bits per heavy atom. The predicted molar refractivity (Wildman–Crippen MR) is 109 cm³/mol. The van der Waals surface area contributed by atoms with Crippen LogP contribution in [0.4, 0.5) is 10.1 Å². The fourth-order valence-electron chi connectivity index (χ4n) is 2.36. The SMILES string of the molecule is Cc1ccc(C(=O)NC(=NCc2ccccn2)Nc2ccc(F)c(Cl)c2)cc1. The molecule has 142 valence electrons. The van der Waals surface area contributed by atoms with Crippen molar-refractivity contribution in [3.05, 3.63) is 94.5 Å². The molecule has 1 aromatic heterocycles. The van der Waals surface area contributed by atoms with Gasteiger partial charge >= 0.3 is 0 Å². The summed E-state index contributed by atoms with van der Waals surface area (Å²) in [5.74, 6) is -0.637. The van der Waals surface area contributed by atoms with Crippen LogP contribution in [-0.4, -0.2) is 16.9 Å². The average molecular weight is 397 g/mol.